The van der Waals surface area contributed by atoms with E-state index in [9.17, 15) is 4.79 Å². The largest absolute Gasteiger partial charge is 0.352 e. The van der Waals surface area contributed by atoms with Crippen LogP contribution in [0.4, 0.5) is 0 Å². The van der Waals surface area contributed by atoms with Gasteiger partial charge in [-0.25, -0.2) is 0 Å². The SMILES string of the molecule is CC(C)C(C)NC(=O)CNCCCC1CC1. The highest BCUT2D eigenvalue weighted by Gasteiger charge is 2.19. The third-order valence-corrected chi connectivity index (χ3v) is 3.34. The second kappa shape index (κ2) is 6.89. The van der Waals surface area contributed by atoms with Gasteiger partial charge in [-0.2, -0.15) is 0 Å². The van der Waals surface area contributed by atoms with Crippen LogP contribution in [0.15, 0.2) is 0 Å². The lowest BCUT2D eigenvalue weighted by Crippen LogP contribution is -2.41. The van der Waals surface area contributed by atoms with E-state index in [4.69, 9.17) is 0 Å². The maximum Gasteiger partial charge on any atom is 0.234 e. The Labute approximate surface area is 99.4 Å². The van der Waals surface area contributed by atoms with Crippen molar-refractivity contribution < 1.29 is 4.79 Å². The van der Waals surface area contributed by atoms with Crippen LogP contribution in [0.1, 0.15) is 46.5 Å². The van der Waals surface area contributed by atoms with E-state index >= 15 is 0 Å². The topological polar surface area (TPSA) is 41.1 Å². The second-order valence-electron chi connectivity index (χ2n) is 5.36. The Morgan fingerprint density at radius 2 is 2.00 bits per heavy atom. The fourth-order valence-electron chi connectivity index (χ4n) is 1.60. The van der Waals surface area contributed by atoms with Crippen LogP contribution in [0, 0.1) is 11.8 Å². The summed E-state index contributed by atoms with van der Waals surface area (Å²) in [6.07, 6.45) is 5.38. The number of amides is 1. The maximum atomic E-state index is 11.5. The molecular weight excluding hydrogens is 200 g/mol. The standard InChI is InChI=1S/C13H26N2O/c1-10(2)11(3)15-13(16)9-14-8-4-5-12-6-7-12/h10-12,14H,4-9H2,1-3H3,(H,15,16). The van der Waals surface area contributed by atoms with Crippen LogP contribution in [0.2, 0.25) is 0 Å². The maximum absolute atomic E-state index is 11.5. The summed E-state index contributed by atoms with van der Waals surface area (Å²) in [4.78, 5) is 11.5. The van der Waals surface area contributed by atoms with Crippen molar-refractivity contribution in [2.45, 2.75) is 52.5 Å². The smallest absolute Gasteiger partial charge is 0.234 e. The minimum atomic E-state index is 0.118. The average Bonchev–Trinajstić information content (AvgIpc) is 3.00. The number of rotatable bonds is 8. The Bertz CT molecular complexity index is 212. The summed E-state index contributed by atoms with van der Waals surface area (Å²) in [5.74, 6) is 1.61. The molecule has 3 nitrogen and oxygen atoms in total. The Morgan fingerprint density at radius 1 is 1.31 bits per heavy atom. The zero-order valence-corrected chi connectivity index (χ0v) is 10.9. The van der Waals surface area contributed by atoms with Gasteiger partial charge < -0.3 is 10.6 Å². The molecule has 1 atom stereocenters. The van der Waals surface area contributed by atoms with Crippen LogP contribution in [0.25, 0.3) is 0 Å². The van der Waals surface area contributed by atoms with Gasteiger partial charge in [0.2, 0.25) is 5.91 Å². The highest BCUT2D eigenvalue weighted by molar-refractivity contribution is 5.78. The van der Waals surface area contributed by atoms with Gasteiger partial charge >= 0.3 is 0 Å². The van der Waals surface area contributed by atoms with Gasteiger partial charge in [0.15, 0.2) is 0 Å². The molecule has 94 valence electrons. The van der Waals surface area contributed by atoms with Gasteiger partial charge in [0.25, 0.3) is 0 Å². The predicted octanol–water partition coefficient (Wildman–Crippen LogP) is 1.93. The molecule has 1 fully saturated rings. The molecule has 0 aliphatic heterocycles. The molecule has 2 N–H and O–H groups in total. The van der Waals surface area contributed by atoms with Gasteiger partial charge in [0.05, 0.1) is 6.54 Å². The van der Waals surface area contributed by atoms with Gasteiger partial charge in [-0.05, 0) is 38.1 Å². The van der Waals surface area contributed by atoms with Crippen LogP contribution in [-0.4, -0.2) is 25.0 Å². The summed E-state index contributed by atoms with van der Waals surface area (Å²) in [5.41, 5.74) is 0. The zero-order chi connectivity index (χ0) is 12.0. The molecule has 0 aromatic heterocycles. The summed E-state index contributed by atoms with van der Waals surface area (Å²) in [6.45, 7) is 7.72. The molecule has 1 saturated carbocycles. The summed E-state index contributed by atoms with van der Waals surface area (Å²) < 4.78 is 0. The Hall–Kier alpha value is -0.570. The number of carbonyl (C=O) groups excluding carboxylic acids is 1. The Kier molecular flexibility index (Phi) is 5.81. The van der Waals surface area contributed by atoms with E-state index in [0.29, 0.717) is 12.5 Å². The Morgan fingerprint density at radius 3 is 2.56 bits per heavy atom. The van der Waals surface area contributed by atoms with E-state index in [2.05, 4.69) is 31.4 Å². The first-order chi connectivity index (χ1) is 7.59. The van der Waals surface area contributed by atoms with Crippen molar-refractivity contribution in [3.63, 3.8) is 0 Å². The average molecular weight is 226 g/mol. The number of nitrogens with one attached hydrogen (secondary N) is 2. The molecule has 0 spiro atoms. The van der Waals surface area contributed by atoms with Crippen molar-refractivity contribution in [3.05, 3.63) is 0 Å². The number of carbonyl (C=O) groups is 1. The summed E-state index contributed by atoms with van der Waals surface area (Å²) in [5, 5.41) is 6.19. The lowest BCUT2D eigenvalue weighted by molar-refractivity contribution is -0.121. The van der Waals surface area contributed by atoms with E-state index in [0.717, 1.165) is 12.5 Å². The quantitative estimate of drug-likeness (QED) is 0.621. The van der Waals surface area contributed by atoms with Gasteiger partial charge in [-0.1, -0.05) is 26.7 Å². The van der Waals surface area contributed by atoms with Crippen molar-refractivity contribution in [1.29, 1.82) is 0 Å². The van der Waals surface area contributed by atoms with Crippen molar-refractivity contribution in [2.75, 3.05) is 13.1 Å². The molecule has 0 aromatic rings. The van der Waals surface area contributed by atoms with Crippen LogP contribution < -0.4 is 10.6 Å². The van der Waals surface area contributed by atoms with Crippen molar-refractivity contribution in [1.82, 2.24) is 10.6 Å². The lowest BCUT2D eigenvalue weighted by atomic mass is 10.1. The van der Waals surface area contributed by atoms with Crippen LogP contribution in [-0.2, 0) is 4.79 Å². The van der Waals surface area contributed by atoms with E-state index in [1.807, 2.05) is 0 Å². The van der Waals surface area contributed by atoms with Gasteiger partial charge in [-0.3, -0.25) is 4.79 Å². The van der Waals surface area contributed by atoms with Crippen LogP contribution in [0.5, 0.6) is 0 Å². The van der Waals surface area contributed by atoms with Crippen molar-refractivity contribution >= 4 is 5.91 Å². The van der Waals surface area contributed by atoms with Gasteiger partial charge in [0.1, 0.15) is 0 Å². The number of hydrogen-bond acceptors (Lipinski definition) is 2. The van der Waals surface area contributed by atoms with E-state index in [-0.39, 0.29) is 11.9 Å². The molecule has 0 aromatic carbocycles. The first-order valence-corrected chi connectivity index (χ1v) is 6.59. The normalized spacial score (nSPS) is 17.5. The summed E-state index contributed by atoms with van der Waals surface area (Å²) >= 11 is 0. The highest BCUT2D eigenvalue weighted by atomic mass is 16.1. The molecule has 0 heterocycles. The number of hydrogen-bond donors (Lipinski definition) is 2. The summed E-state index contributed by atoms with van der Waals surface area (Å²) in [7, 11) is 0. The fraction of sp³-hybridized carbons (Fsp3) is 0.923. The molecule has 1 aliphatic carbocycles. The molecule has 1 aliphatic rings. The van der Waals surface area contributed by atoms with E-state index in [1.165, 1.54) is 25.7 Å². The first kappa shape index (κ1) is 13.5. The first-order valence-electron chi connectivity index (χ1n) is 6.59. The molecule has 1 unspecified atom stereocenters. The third kappa shape index (κ3) is 6.11. The zero-order valence-electron chi connectivity index (χ0n) is 10.9. The molecule has 0 bridgehead atoms. The second-order valence-corrected chi connectivity index (χ2v) is 5.36. The molecule has 3 heteroatoms. The minimum absolute atomic E-state index is 0.118. The third-order valence-electron chi connectivity index (χ3n) is 3.34. The molecule has 1 amide bonds. The van der Waals surface area contributed by atoms with Crippen molar-refractivity contribution in [2.24, 2.45) is 11.8 Å². The predicted molar refractivity (Wildman–Crippen MR) is 67.3 cm³/mol. The highest BCUT2D eigenvalue weighted by Crippen LogP contribution is 2.33. The van der Waals surface area contributed by atoms with Gasteiger partial charge in [-0.15, -0.1) is 0 Å². The monoisotopic (exact) mass is 226 g/mol. The molecule has 1 rings (SSSR count). The summed E-state index contributed by atoms with van der Waals surface area (Å²) in [6, 6.07) is 0.265. The minimum Gasteiger partial charge on any atom is -0.352 e. The molecule has 16 heavy (non-hydrogen) atoms. The molecule has 0 radical (unpaired) electrons. The molecule has 0 saturated heterocycles. The van der Waals surface area contributed by atoms with Crippen LogP contribution >= 0.6 is 0 Å². The van der Waals surface area contributed by atoms with E-state index in [1.54, 1.807) is 0 Å². The fourth-order valence-corrected chi connectivity index (χ4v) is 1.60. The molecular formula is C13H26N2O. The Balaban J connectivity index is 1.92. The van der Waals surface area contributed by atoms with Gasteiger partial charge in [0, 0.05) is 6.04 Å². The lowest BCUT2D eigenvalue weighted by Gasteiger charge is -2.17. The van der Waals surface area contributed by atoms with Crippen molar-refractivity contribution in [3.8, 4) is 0 Å². The van der Waals surface area contributed by atoms with E-state index < -0.39 is 0 Å². The van der Waals surface area contributed by atoms with Crippen LogP contribution in [0.3, 0.4) is 0 Å².